The van der Waals surface area contributed by atoms with Gasteiger partial charge in [0.2, 0.25) is 3.79 Å². The highest BCUT2D eigenvalue weighted by molar-refractivity contribution is 8.00. The second kappa shape index (κ2) is 6.93. The fourth-order valence-electron chi connectivity index (χ4n) is 2.00. The third-order valence-electron chi connectivity index (χ3n) is 3.11. The van der Waals surface area contributed by atoms with Crippen molar-refractivity contribution in [2.75, 3.05) is 4.72 Å². The fourth-order valence-corrected chi connectivity index (χ4v) is 4.26. The topological polar surface area (TPSA) is 68.1 Å². The Morgan fingerprint density at radius 2 is 1.96 bits per heavy atom. The van der Waals surface area contributed by atoms with Gasteiger partial charge >= 0.3 is 0 Å². The van der Waals surface area contributed by atoms with Crippen LogP contribution in [0, 0.1) is 10.1 Å². The van der Waals surface area contributed by atoms with Gasteiger partial charge in [-0.1, -0.05) is 46.9 Å². The van der Waals surface area contributed by atoms with Crippen LogP contribution < -0.4 is 4.72 Å². The van der Waals surface area contributed by atoms with Crippen molar-refractivity contribution in [2.45, 2.75) is 8.69 Å². The number of rotatable bonds is 4. The number of anilines is 1. The average Bonchev–Trinajstić information content (AvgIpc) is 2.95. The largest absolute Gasteiger partial charge is 0.309 e. The van der Waals surface area contributed by atoms with Crippen LogP contribution in [-0.4, -0.2) is 9.30 Å². The Bertz CT molecular complexity index is 912. The van der Waals surface area contributed by atoms with Gasteiger partial charge in [0.1, 0.15) is 0 Å². The Hall–Kier alpha value is -1.25. The summed E-state index contributed by atoms with van der Waals surface area (Å²) in [6, 6.07) is 12.0. The van der Waals surface area contributed by atoms with Gasteiger partial charge in [0.15, 0.2) is 5.82 Å². The Morgan fingerprint density at radius 3 is 2.67 bits per heavy atom. The molecule has 3 aromatic rings. The van der Waals surface area contributed by atoms with E-state index in [4.69, 9.17) is 34.8 Å². The Morgan fingerprint density at radius 1 is 1.21 bits per heavy atom. The second-order valence-corrected chi connectivity index (χ2v) is 8.60. The molecule has 124 valence electrons. The predicted octanol–water partition coefficient (Wildman–Crippen LogP) is 6.15. The van der Waals surface area contributed by atoms with Crippen molar-refractivity contribution in [2.24, 2.45) is 0 Å². The van der Waals surface area contributed by atoms with E-state index in [2.05, 4.69) is 9.10 Å². The molecule has 0 radical (unpaired) electrons. The minimum Gasteiger partial charge on any atom is -0.309 e. The molecule has 0 spiro atoms. The highest BCUT2D eigenvalue weighted by atomic mass is 35.6. The van der Waals surface area contributed by atoms with Crippen molar-refractivity contribution in [3.63, 3.8) is 0 Å². The maximum absolute atomic E-state index is 10.9. The van der Waals surface area contributed by atoms with Crippen LogP contribution in [0.15, 0.2) is 47.4 Å². The molecular weight excluding hydrogens is 413 g/mol. The number of aromatic nitrogens is 1. The molecule has 0 atom stereocenters. The third kappa shape index (κ3) is 3.70. The maximum Gasteiger partial charge on any atom is 0.269 e. The summed E-state index contributed by atoms with van der Waals surface area (Å²) in [5, 5.41) is 11.9. The van der Waals surface area contributed by atoms with E-state index in [0.717, 1.165) is 10.1 Å². The summed E-state index contributed by atoms with van der Waals surface area (Å²) in [7, 11) is 0. The second-order valence-electron chi connectivity index (χ2n) is 4.67. The van der Waals surface area contributed by atoms with Crippen molar-refractivity contribution >= 4 is 79.9 Å². The summed E-state index contributed by atoms with van der Waals surface area (Å²) in [5.41, 5.74) is 0.0959. The summed E-state index contributed by atoms with van der Waals surface area (Å²) < 4.78 is 6.74. The first-order chi connectivity index (χ1) is 11.4. The zero-order valence-electron chi connectivity index (χ0n) is 11.7. The summed E-state index contributed by atoms with van der Waals surface area (Å²) in [6.45, 7) is 0. The lowest BCUT2D eigenvalue weighted by atomic mass is 10.2. The van der Waals surface area contributed by atoms with Gasteiger partial charge in [0.05, 0.1) is 9.62 Å². The molecule has 0 saturated heterocycles. The molecule has 1 heterocycles. The third-order valence-corrected chi connectivity index (χ3v) is 5.42. The van der Waals surface area contributed by atoms with E-state index in [1.807, 2.05) is 24.3 Å². The summed E-state index contributed by atoms with van der Waals surface area (Å²) in [4.78, 5) is 11.0. The van der Waals surface area contributed by atoms with Crippen molar-refractivity contribution in [1.29, 1.82) is 0 Å². The quantitative estimate of drug-likeness (QED) is 0.237. The molecule has 0 saturated carbocycles. The molecule has 0 aliphatic carbocycles. The average molecular weight is 421 g/mol. The molecule has 2 aromatic carbocycles. The van der Waals surface area contributed by atoms with Crippen molar-refractivity contribution < 1.29 is 4.92 Å². The van der Waals surface area contributed by atoms with Crippen LogP contribution in [0.4, 0.5) is 11.5 Å². The smallest absolute Gasteiger partial charge is 0.269 e. The lowest BCUT2D eigenvalue weighted by molar-refractivity contribution is -0.385. The van der Waals surface area contributed by atoms with Gasteiger partial charge in [-0.2, -0.15) is 4.37 Å². The van der Waals surface area contributed by atoms with E-state index in [9.17, 15) is 10.1 Å². The molecule has 0 aliphatic rings. The zero-order chi connectivity index (χ0) is 17.3. The molecule has 1 N–H and O–H groups in total. The summed E-state index contributed by atoms with van der Waals surface area (Å²) >= 11 is 20.4. The molecule has 5 nitrogen and oxygen atoms in total. The number of benzene rings is 2. The van der Waals surface area contributed by atoms with E-state index < -0.39 is 8.72 Å². The Kier molecular flexibility index (Phi) is 5.08. The predicted molar refractivity (Wildman–Crippen MR) is 101 cm³/mol. The molecular formula is C14H8Cl3N3O2S2. The number of halogens is 3. The molecule has 24 heavy (non-hydrogen) atoms. The van der Waals surface area contributed by atoms with Crippen LogP contribution in [0.3, 0.4) is 0 Å². The highest BCUT2D eigenvalue weighted by Crippen LogP contribution is 2.44. The van der Waals surface area contributed by atoms with Crippen molar-refractivity contribution in [3.05, 3.63) is 58.1 Å². The van der Waals surface area contributed by atoms with Crippen LogP contribution >= 0.6 is 58.3 Å². The monoisotopic (exact) mass is 419 g/mol. The molecule has 0 unspecified atom stereocenters. The first-order valence-electron chi connectivity index (χ1n) is 6.49. The summed E-state index contributed by atoms with van der Waals surface area (Å²) in [6.07, 6.45) is 0. The number of hydrogen-bond acceptors (Lipinski definition) is 6. The van der Waals surface area contributed by atoms with Gasteiger partial charge < -0.3 is 4.72 Å². The van der Waals surface area contributed by atoms with Gasteiger partial charge in [-0.25, -0.2) is 0 Å². The van der Waals surface area contributed by atoms with Gasteiger partial charge in [0.25, 0.3) is 5.69 Å². The number of hydrogen-bond donors (Lipinski definition) is 1. The van der Waals surface area contributed by atoms with Crippen LogP contribution in [0.2, 0.25) is 0 Å². The first kappa shape index (κ1) is 17.6. The van der Waals surface area contributed by atoms with Crippen LogP contribution in [0.1, 0.15) is 5.56 Å². The maximum atomic E-state index is 10.9. The van der Waals surface area contributed by atoms with Crippen LogP contribution in [0.25, 0.3) is 10.1 Å². The van der Waals surface area contributed by atoms with E-state index in [1.54, 1.807) is 6.07 Å². The molecule has 0 bridgehead atoms. The molecule has 3 rings (SSSR count). The number of nitro groups is 1. The standard InChI is InChI=1S/C14H8Cl3N3O2S2/c15-14(16,17)10-7-8(20(21)22)5-6-12(10)24-19-13-9-3-1-2-4-11(9)23-18-13/h1-7H,(H,18,19). The number of nitrogens with one attached hydrogen (secondary N) is 1. The van der Waals surface area contributed by atoms with Gasteiger partial charge in [0, 0.05) is 28.0 Å². The zero-order valence-corrected chi connectivity index (χ0v) is 15.6. The van der Waals surface area contributed by atoms with Gasteiger partial charge in [-0.15, -0.1) is 0 Å². The SMILES string of the molecule is O=[N+]([O-])c1ccc(SNc2nsc3ccccc23)c(C(Cl)(Cl)Cl)c1. The molecule has 10 heteroatoms. The normalized spacial score (nSPS) is 11.6. The molecule has 0 fully saturated rings. The number of nitro benzene ring substituents is 1. The first-order valence-corrected chi connectivity index (χ1v) is 9.21. The number of nitrogens with zero attached hydrogens (tertiary/aromatic N) is 2. The van der Waals surface area contributed by atoms with E-state index in [0.29, 0.717) is 10.7 Å². The lowest BCUT2D eigenvalue weighted by Crippen LogP contribution is -2.04. The molecule has 0 amide bonds. The molecule has 0 aliphatic heterocycles. The minimum absolute atomic E-state index is 0.139. The van der Waals surface area contributed by atoms with Gasteiger partial charge in [-0.05, 0) is 41.7 Å². The molecule has 1 aromatic heterocycles. The van der Waals surface area contributed by atoms with Crippen LogP contribution in [-0.2, 0) is 3.79 Å². The van der Waals surface area contributed by atoms with Gasteiger partial charge in [-0.3, -0.25) is 10.1 Å². The summed E-state index contributed by atoms with van der Waals surface area (Å²) in [5.74, 6) is 0.689. The van der Waals surface area contributed by atoms with Crippen molar-refractivity contribution in [3.8, 4) is 0 Å². The Labute approximate surface area is 160 Å². The number of non-ortho nitro benzene ring substituents is 1. The number of fused-ring (bicyclic) bond motifs is 1. The number of alkyl halides is 3. The lowest BCUT2D eigenvalue weighted by Gasteiger charge is -2.15. The van der Waals surface area contributed by atoms with Crippen LogP contribution in [0.5, 0.6) is 0 Å². The fraction of sp³-hybridized carbons (Fsp3) is 0.0714. The Balaban J connectivity index is 1.91. The minimum atomic E-state index is -1.78. The highest BCUT2D eigenvalue weighted by Gasteiger charge is 2.29. The van der Waals surface area contributed by atoms with E-state index in [1.165, 1.54) is 35.6 Å². The van der Waals surface area contributed by atoms with E-state index in [-0.39, 0.29) is 11.3 Å². The van der Waals surface area contributed by atoms with Crippen molar-refractivity contribution in [1.82, 2.24) is 4.37 Å². The van der Waals surface area contributed by atoms with E-state index >= 15 is 0 Å².